The molecule has 0 aliphatic heterocycles. The van der Waals surface area contributed by atoms with Crippen molar-refractivity contribution >= 4 is 40.9 Å². The molecule has 0 aliphatic rings. The summed E-state index contributed by atoms with van der Waals surface area (Å²) in [5.74, 6) is 1.16. The Labute approximate surface area is 170 Å². The van der Waals surface area contributed by atoms with Gasteiger partial charge in [0.15, 0.2) is 0 Å². The Morgan fingerprint density at radius 2 is 1.73 bits per heavy atom. The van der Waals surface area contributed by atoms with Gasteiger partial charge in [0.1, 0.15) is 0 Å². The lowest BCUT2D eigenvalue weighted by molar-refractivity contribution is -0.119. The maximum absolute atomic E-state index is 12.2. The molecule has 1 atom stereocenters. The highest BCUT2D eigenvalue weighted by molar-refractivity contribution is 7.99. The van der Waals surface area contributed by atoms with Gasteiger partial charge in [0.05, 0.1) is 21.8 Å². The Hall–Kier alpha value is -1.16. The van der Waals surface area contributed by atoms with Crippen molar-refractivity contribution in [1.82, 2.24) is 5.32 Å². The van der Waals surface area contributed by atoms with Crippen LogP contribution in [0, 0.1) is 0 Å². The van der Waals surface area contributed by atoms with Crippen molar-refractivity contribution in [2.45, 2.75) is 44.9 Å². The average molecular weight is 410 g/mol. The Morgan fingerprint density at radius 1 is 1.08 bits per heavy atom. The van der Waals surface area contributed by atoms with Gasteiger partial charge in [-0.1, -0.05) is 74.3 Å². The fourth-order valence-electron chi connectivity index (χ4n) is 2.53. The second kappa shape index (κ2) is 9.16. The SMILES string of the molecule is C[C@@H](NC(=O)CSCc1ccc(Cl)c(Cl)c1)c1ccc(C(C)(C)C)cc1. The summed E-state index contributed by atoms with van der Waals surface area (Å²) in [4.78, 5) is 12.2. The fraction of sp³-hybridized carbons (Fsp3) is 0.381. The van der Waals surface area contributed by atoms with E-state index < -0.39 is 0 Å². The highest BCUT2D eigenvalue weighted by Gasteiger charge is 2.15. The summed E-state index contributed by atoms with van der Waals surface area (Å²) < 4.78 is 0. The van der Waals surface area contributed by atoms with Crippen LogP contribution in [-0.4, -0.2) is 11.7 Å². The fourth-order valence-corrected chi connectivity index (χ4v) is 3.64. The first-order chi connectivity index (χ1) is 12.2. The van der Waals surface area contributed by atoms with Crippen LogP contribution in [0.2, 0.25) is 10.0 Å². The van der Waals surface area contributed by atoms with E-state index in [1.54, 1.807) is 17.8 Å². The zero-order valence-electron chi connectivity index (χ0n) is 15.6. The van der Waals surface area contributed by atoms with Gasteiger partial charge in [-0.3, -0.25) is 4.79 Å². The second-order valence-electron chi connectivity index (χ2n) is 7.40. The number of carbonyl (C=O) groups is 1. The molecule has 2 aromatic carbocycles. The molecule has 0 fully saturated rings. The van der Waals surface area contributed by atoms with E-state index in [0.717, 1.165) is 16.9 Å². The molecule has 0 spiro atoms. The van der Waals surface area contributed by atoms with Crippen LogP contribution in [0.5, 0.6) is 0 Å². The van der Waals surface area contributed by atoms with Crippen molar-refractivity contribution in [2.24, 2.45) is 0 Å². The molecule has 0 bridgehead atoms. The zero-order valence-corrected chi connectivity index (χ0v) is 17.9. The molecule has 2 rings (SSSR count). The number of benzene rings is 2. The molecular weight excluding hydrogens is 385 g/mol. The molecule has 0 saturated heterocycles. The largest absolute Gasteiger partial charge is 0.349 e. The minimum Gasteiger partial charge on any atom is -0.349 e. The van der Waals surface area contributed by atoms with Crippen LogP contribution in [0.3, 0.4) is 0 Å². The number of carbonyl (C=O) groups excluding carboxylic acids is 1. The molecule has 140 valence electrons. The van der Waals surface area contributed by atoms with Gasteiger partial charge >= 0.3 is 0 Å². The number of hydrogen-bond acceptors (Lipinski definition) is 2. The van der Waals surface area contributed by atoms with E-state index in [0.29, 0.717) is 15.8 Å². The van der Waals surface area contributed by atoms with Crippen LogP contribution < -0.4 is 5.32 Å². The number of nitrogens with one attached hydrogen (secondary N) is 1. The van der Waals surface area contributed by atoms with Gasteiger partial charge in [0.25, 0.3) is 0 Å². The van der Waals surface area contributed by atoms with E-state index in [-0.39, 0.29) is 17.4 Å². The van der Waals surface area contributed by atoms with Crippen molar-refractivity contribution in [3.63, 3.8) is 0 Å². The predicted molar refractivity (Wildman–Crippen MR) is 114 cm³/mol. The first-order valence-corrected chi connectivity index (χ1v) is 10.5. The summed E-state index contributed by atoms with van der Waals surface area (Å²) in [6, 6.07) is 14.0. The van der Waals surface area contributed by atoms with Gasteiger partial charge in [0, 0.05) is 5.75 Å². The molecule has 0 aliphatic carbocycles. The molecule has 5 heteroatoms. The minimum atomic E-state index is -0.0119. The lowest BCUT2D eigenvalue weighted by Crippen LogP contribution is -2.28. The Morgan fingerprint density at radius 3 is 2.31 bits per heavy atom. The van der Waals surface area contributed by atoms with Crippen molar-refractivity contribution in [1.29, 1.82) is 0 Å². The zero-order chi connectivity index (χ0) is 19.3. The minimum absolute atomic E-state index is 0.0119. The normalized spacial score (nSPS) is 12.7. The monoisotopic (exact) mass is 409 g/mol. The Balaban J connectivity index is 1.82. The van der Waals surface area contributed by atoms with Crippen LogP contribution in [0.25, 0.3) is 0 Å². The molecule has 0 saturated carbocycles. The number of halogens is 2. The summed E-state index contributed by atoms with van der Waals surface area (Å²) in [5.41, 5.74) is 3.59. The summed E-state index contributed by atoms with van der Waals surface area (Å²) in [6.07, 6.45) is 0. The second-order valence-corrected chi connectivity index (χ2v) is 9.20. The van der Waals surface area contributed by atoms with E-state index in [1.165, 1.54) is 5.56 Å². The van der Waals surface area contributed by atoms with Gasteiger partial charge in [-0.25, -0.2) is 0 Å². The van der Waals surface area contributed by atoms with Crippen LogP contribution >= 0.6 is 35.0 Å². The van der Waals surface area contributed by atoms with Crippen molar-refractivity contribution < 1.29 is 4.79 Å². The molecule has 2 nitrogen and oxygen atoms in total. The van der Waals surface area contributed by atoms with Gasteiger partial charge in [-0.05, 0) is 41.2 Å². The third-order valence-electron chi connectivity index (χ3n) is 4.14. The summed E-state index contributed by atoms with van der Waals surface area (Å²) in [7, 11) is 0. The van der Waals surface area contributed by atoms with Gasteiger partial charge in [-0.2, -0.15) is 0 Å². The topological polar surface area (TPSA) is 29.1 Å². The summed E-state index contributed by atoms with van der Waals surface area (Å²) in [5, 5.41) is 4.14. The molecule has 0 aromatic heterocycles. The van der Waals surface area contributed by atoms with E-state index >= 15 is 0 Å². The number of amides is 1. The molecule has 0 unspecified atom stereocenters. The van der Waals surface area contributed by atoms with E-state index in [2.05, 4.69) is 50.4 Å². The van der Waals surface area contributed by atoms with Crippen LogP contribution in [-0.2, 0) is 16.0 Å². The molecule has 0 heterocycles. The highest BCUT2D eigenvalue weighted by Crippen LogP contribution is 2.25. The average Bonchev–Trinajstić information content (AvgIpc) is 2.57. The van der Waals surface area contributed by atoms with Crippen molar-refractivity contribution in [3.8, 4) is 0 Å². The quantitative estimate of drug-likeness (QED) is 0.597. The van der Waals surface area contributed by atoms with Crippen LogP contribution in [0.1, 0.15) is 50.4 Å². The third-order valence-corrected chi connectivity index (χ3v) is 5.88. The third kappa shape index (κ3) is 6.22. The lowest BCUT2D eigenvalue weighted by Gasteiger charge is -2.20. The Kier molecular flexibility index (Phi) is 7.45. The molecule has 26 heavy (non-hydrogen) atoms. The summed E-state index contributed by atoms with van der Waals surface area (Å²) >= 11 is 13.5. The van der Waals surface area contributed by atoms with Crippen molar-refractivity contribution in [2.75, 3.05) is 5.75 Å². The summed E-state index contributed by atoms with van der Waals surface area (Å²) in [6.45, 7) is 8.59. The maximum atomic E-state index is 12.2. The van der Waals surface area contributed by atoms with Gasteiger partial charge in [-0.15, -0.1) is 11.8 Å². The highest BCUT2D eigenvalue weighted by atomic mass is 35.5. The molecule has 0 radical (unpaired) electrons. The maximum Gasteiger partial charge on any atom is 0.230 e. The molecular formula is C21H25Cl2NOS. The lowest BCUT2D eigenvalue weighted by atomic mass is 9.86. The molecule has 1 N–H and O–H groups in total. The van der Waals surface area contributed by atoms with E-state index in [1.807, 2.05) is 19.1 Å². The van der Waals surface area contributed by atoms with Crippen LogP contribution in [0.4, 0.5) is 0 Å². The number of hydrogen-bond donors (Lipinski definition) is 1. The first-order valence-electron chi connectivity index (χ1n) is 8.58. The molecule has 2 aromatic rings. The number of thioether (sulfide) groups is 1. The standard InChI is InChI=1S/C21H25Cl2NOS/c1-14(16-6-8-17(9-7-16)21(2,3)4)24-20(25)13-26-12-15-5-10-18(22)19(23)11-15/h5-11,14H,12-13H2,1-4H3,(H,24,25)/t14-/m1/s1. The van der Waals surface area contributed by atoms with E-state index in [9.17, 15) is 4.79 Å². The Bertz CT molecular complexity index is 754. The van der Waals surface area contributed by atoms with Crippen LogP contribution in [0.15, 0.2) is 42.5 Å². The van der Waals surface area contributed by atoms with Gasteiger partial charge in [0.2, 0.25) is 5.91 Å². The van der Waals surface area contributed by atoms with Gasteiger partial charge < -0.3 is 5.32 Å². The van der Waals surface area contributed by atoms with Crippen molar-refractivity contribution in [3.05, 3.63) is 69.2 Å². The predicted octanol–water partition coefficient (Wildman–Crippen LogP) is 6.40. The smallest absolute Gasteiger partial charge is 0.230 e. The molecule has 1 amide bonds. The van der Waals surface area contributed by atoms with E-state index in [4.69, 9.17) is 23.2 Å². The number of rotatable bonds is 6. The first kappa shape index (κ1) is 21.1.